The summed E-state index contributed by atoms with van der Waals surface area (Å²) >= 11 is 0. The highest BCUT2D eigenvalue weighted by Gasteiger charge is 2.40. The Labute approximate surface area is 147 Å². The maximum absolute atomic E-state index is 11.5. The second-order valence-electron chi connectivity index (χ2n) is 5.38. The molecular weight excluding hydrogens is 366 g/mol. The van der Waals surface area contributed by atoms with Crippen LogP contribution in [0.5, 0.6) is 0 Å². The van der Waals surface area contributed by atoms with Crippen LogP contribution in [0, 0.1) is 40.5 Å². The molecule has 2 aromatic carbocycles. The van der Waals surface area contributed by atoms with Crippen molar-refractivity contribution in [3.05, 3.63) is 82.0 Å². The topological polar surface area (TPSA) is 199 Å². The monoisotopic (exact) mass is 373 g/mol. The van der Waals surface area contributed by atoms with Gasteiger partial charge >= 0.3 is 0 Å². The van der Waals surface area contributed by atoms with Gasteiger partial charge in [0.25, 0.3) is 22.7 Å². The molecule has 13 heteroatoms. The lowest BCUT2D eigenvalue weighted by molar-refractivity contribution is -0.395. The molecule has 0 fully saturated rings. The van der Waals surface area contributed by atoms with Crippen LogP contribution >= 0.6 is 0 Å². The molecule has 0 atom stereocenters. The largest absolute Gasteiger partial charge is 0.404 e. The Morgan fingerprint density at radius 3 is 1.30 bits per heavy atom. The Hall–Kier alpha value is -4.42. The van der Waals surface area contributed by atoms with E-state index < -0.39 is 42.4 Å². The molecule has 0 unspecified atom stereocenters. The zero-order valence-corrected chi connectivity index (χ0v) is 13.0. The number of fused-ring (bicyclic) bond motifs is 3. The van der Waals surface area contributed by atoms with Crippen molar-refractivity contribution in [2.24, 2.45) is 5.73 Å². The molecule has 1 aliphatic rings. The van der Waals surface area contributed by atoms with Gasteiger partial charge in [0.1, 0.15) is 0 Å². The molecule has 0 saturated carbocycles. The van der Waals surface area contributed by atoms with Crippen LogP contribution in [0.1, 0.15) is 11.1 Å². The van der Waals surface area contributed by atoms with E-state index in [1.165, 1.54) is 0 Å². The third kappa shape index (κ3) is 2.50. The Balaban J connectivity index is 2.53. The number of hydrogen-bond acceptors (Lipinski definition) is 9. The first-order valence-electron chi connectivity index (χ1n) is 7.04. The number of nitrogens with zero attached hydrogens (tertiary/aromatic N) is 4. The smallest absolute Gasteiger partial charge is 0.284 e. The summed E-state index contributed by atoms with van der Waals surface area (Å²) in [6.45, 7) is 0. The first-order chi connectivity index (χ1) is 12.7. The molecule has 0 spiro atoms. The standard InChI is InChI=1S/C14H7N5O8/c15-5-10-8-1-6(16(20)21)3-11(18(24)25)13(8)14-9(10)2-7(17(22)23)4-12(14)19(26)27/h1-5H,15H2. The van der Waals surface area contributed by atoms with Crippen molar-refractivity contribution in [1.82, 2.24) is 0 Å². The molecule has 2 N–H and O–H groups in total. The Morgan fingerprint density at radius 1 is 0.667 bits per heavy atom. The highest BCUT2D eigenvalue weighted by molar-refractivity contribution is 6.08. The summed E-state index contributed by atoms with van der Waals surface area (Å²) in [6.07, 6.45) is 0.936. The Bertz CT molecular complexity index is 1020. The molecule has 0 saturated heterocycles. The molecule has 0 bridgehead atoms. The summed E-state index contributed by atoms with van der Waals surface area (Å²) < 4.78 is 0. The predicted molar refractivity (Wildman–Crippen MR) is 89.8 cm³/mol. The Kier molecular flexibility index (Phi) is 3.76. The number of benzene rings is 2. The van der Waals surface area contributed by atoms with E-state index in [0.717, 1.165) is 18.3 Å². The van der Waals surface area contributed by atoms with Crippen LogP contribution in [0.2, 0.25) is 0 Å². The first-order valence-corrected chi connectivity index (χ1v) is 7.04. The Morgan fingerprint density at radius 2 is 1.04 bits per heavy atom. The third-order valence-corrected chi connectivity index (χ3v) is 4.02. The lowest BCUT2D eigenvalue weighted by Gasteiger charge is -2.04. The summed E-state index contributed by atoms with van der Waals surface area (Å²) in [4.78, 5) is 41.5. The lowest BCUT2D eigenvalue weighted by Crippen LogP contribution is -1.99. The van der Waals surface area contributed by atoms with Gasteiger partial charge in [-0.05, 0) is 0 Å². The maximum Gasteiger partial charge on any atom is 0.284 e. The van der Waals surface area contributed by atoms with Gasteiger partial charge in [-0.15, -0.1) is 0 Å². The van der Waals surface area contributed by atoms with Gasteiger partial charge in [0.2, 0.25) is 0 Å². The number of hydrogen-bond donors (Lipinski definition) is 1. The lowest BCUT2D eigenvalue weighted by atomic mass is 10.0. The van der Waals surface area contributed by atoms with E-state index >= 15 is 0 Å². The van der Waals surface area contributed by atoms with Crippen LogP contribution in [-0.4, -0.2) is 19.7 Å². The molecule has 0 heterocycles. The zero-order valence-electron chi connectivity index (χ0n) is 13.0. The van der Waals surface area contributed by atoms with Gasteiger partial charge in [0, 0.05) is 35.0 Å². The van der Waals surface area contributed by atoms with Gasteiger partial charge in [-0.2, -0.15) is 0 Å². The minimum atomic E-state index is -0.916. The van der Waals surface area contributed by atoms with Crippen molar-refractivity contribution in [3.8, 4) is 11.1 Å². The molecule has 2 aromatic rings. The highest BCUT2D eigenvalue weighted by Crippen LogP contribution is 2.54. The molecule has 0 aromatic heterocycles. The van der Waals surface area contributed by atoms with Crippen LogP contribution in [0.3, 0.4) is 0 Å². The number of nitrogens with two attached hydrogens (primary N) is 1. The minimum Gasteiger partial charge on any atom is -0.404 e. The zero-order chi connectivity index (χ0) is 20.0. The minimum absolute atomic E-state index is 0.0152. The van der Waals surface area contributed by atoms with E-state index in [1.807, 2.05) is 0 Å². The van der Waals surface area contributed by atoms with Crippen molar-refractivity contribution in [1.29, 1.82) is 0 Å². The van der Waals surface area contributed by atoms with Gasteiger partial charge in [-0.25, -0.2) is 0 Å². The summed E-state index contributed by atoms with van der Waals surface area (Å²) in [6, 6.07) is 3.31. The molecule has 1 aliphatic carbocycles. The van der Waals surface area contributed by atoms with Gasteiger partial charge in [0.15, 0.2) is 0 Å². The van der Waals surface area contributed by atoms with Crippen LogP contribution in [0.4, 0.5) is 22.7 Å². The SMILES string of the molecule is NC=C1c2cc([N+](=O)[O-])cc([N+](=O)[O-])c2-c2c1cc([N+](=O)[O-])cc2[N+](=O)[O-]. The average Bonchev–Trinajstić information content (AvgIpc) is 2.92. The van der Waals surface area contributed by atoms with Gasteiger partial charge in [0.05, 0.1) is 43.0 Å². The first kappa shape index (κ1) is 17.4. The van der Waals surface area contributed by atoms with Crippen molar-refractivity contribution in [2.75, 3.05) is 0 Å². The fourth-order valence-electron chi connectivity index (χ4n) is 3.00. The van der Waals surface area contributed by atoms with Crippen molar-refractivity contribution in [2.45, 2.75) is 0 Å². The molecule has 0 amide bonds. The van der Waals surface area contributed by atoms with Gasteiger partial charge in [-0.1, -0.05) is 0 Å². The summed E-state index contributed by atoms with van der Waals surface area (Å²) in [7, 11) is 0. The van der Waals surface area contributed by atoms with Crippen molar-refractivity contribution >= 4 is 28.3 Å². The van der Waals surface area contributed by atoms with Crippen LogP contribution in [0.25, 0.3) is 16.7 Å². The molecular formula is C14H7N5O8. The summed E-state index contributed by atoms with van der Waals surface area (Å²) in [5.41, 5.74) is 2.11. The molecule has 3 rings (SSSR count). The number of nitro benzene ring substituents is 4. The predicted octanol–water partition coefficient (Wildman–Crippen LogP) is 2.65. The third-order valence-electron chi connectivity index (χ3n) is 4.02. The molecule has 136 valence electrons. The number of non-ortho nitro benzene ring substituents is 2. The van der Waals surface area contributed by atoms with Crippen molar-refractivity contribution in [3.63, 3.8) is 0 Å². The number of rotatable bonds is 4. The number of nitro groups is 4. The second-order valence-corrected chi connectivity index (χ2v) is 5.38. The molecule has 13 nitrogen and oxygen atoms in total. The van der Waals surface area contributed by atoms with Gasteiger partial charge < -0.3 is 5.73 Å². The maximum atomic E-state index is 11.5. The van der Waals surface area contributed by atoms with E-state index in [9.17, 15) is 40.5 Å². The molecule has 0 radical (unpaired) electrons. The molecule has 0 aliphatic heterocycles. The quantitative estimate of drug-likeness (QED) is 0.527. The van der Waals surface area contributed by atoms with E-state index in [-0.39, 0.29) is 27.8 Å². The van der Waals surface area contributed by atoms with Crippen LogP contribution < -0.4 is 5.73 Å². The average molecular weight is 373 g/mol. The van der Waals surface area contributed by atoms with Crippen LogP contribution in [-0.2, 0) is 0 Å². The van der Waals surface area contributed by atoms with Gasteiger partial charge in [-0.3, -0.25) is 40.5 Å². The van der Waals surface area contributed by atoms with Crippen molar-refractivity contribution < 1.29 is 19.7 Å². The second kappa shape index (κ2) is 5.83. The van der Waals surface area contributed by atoms with Crippen LogP contribution in [0.15, 0.2) is 30.5 Å². The van der Waals surface area contributed by atoms with E-state index in [2.05, 4.69) is 0 Å². The normalized spacial score (nSPS) is 11.5. The summed E-state index contributed by atoms with van der Waals surface area (Å²) in [5, 5.41) is 45.1. The summed E-state index contributed by atoms with van der Waals surface area (Å²) in [5.74, 6) is 0. The fraction of sp³-hybridized carbons (Fsp3) is 0. The van der Waals surface area contributed by atoms with E-state index in [0.29, 0.717) is 12.1 Å². The van der Waals surface area contributed by atoms with E-state index in [4.69, 9.17) is 5.73 Å². The molecule has 27 heavy (non-hydrogen) atoms. The van der Waals surface area contributed by atoms with E-state index in [1.54, 1.807) is 0 Å². The highest BCUT2D eigenvalue weighted by atomic mass is 16.6. The fourth-order valence-corrected chi connectivity index (χ4v) is 3.00.